The SMILES string of the molecule is C[C@@H](O)CCCCCc1cc(OCc2ccccc2)cc(OCc2ccccc2)c1C(=O)O. The molecule has 0 saturated carbocycles. The summed E-state index contributed by atoms with van der Waals surface area (Å²) in [5, 5.41) is 19.4. The topological polar surface area (TPSA) is 76.0 Å². The molecule has 0 fully saturated rings. The van der Waals surface area contributed by atoms with E-state index < -0.39 is 5.97 Å². The summed E-state index contributed by atoms with van der Waals surface area (Å²) in [4.78, 5) is 12.2. The van der Waals surface area contributed by atoms with Gasteiger partial charge in [-0.15, -0.1) is 0 Å². The van der Waals surface area contributed by atoms with Crippen molar-refractivity contribution >= 4 is 5.97 Å². The summed E-state index contributed by atoms with van der Waals surface area (Å²) in [6.07, 6.45) is 3.68. The van der Waals surface area contributed by atoms with Gasteiger partial charge in [-0.1, -0.05) is 73.5 Å². The molecule has 0 unspecified atom stereocenters. The molecule has 5 heteroatoms. The van der Waals surface area contributed by atoms with Crippen LogP contribution in [0.3, 0.4) is 0 Å². The van der Waals surface area contributed by atoms with E-state index in [-0.39, 0.29) is 18.3 Å². The van der Waals surface area contributed by atoms with Crippen molar-refractivity contribution in [2.45, 2.75) is 58.3 Å². The molecule has 3 aromatic rings. The maximum absolute atomic E-state index is 12.2. The minimum Gasteiger partial charge on any atom is -0.489 e. The summed E-state index contributed by atoms with van der Waals surface area (Å²) in [7, 11) is 0. The molecule has 0 aromatic heterocycles. The molecule has 5 nitrogen and oxygen atoms in total. The highest BCUT2D eigenvalue weighted by Crippen LogP contribution is 2.32. The summed E-state index contributed by atoms with van der Waals surface area (Å²) in [5.74, 6) is -0.103. The first kappa shape index (κ1) is 24.3. The Morgan fingerprint density at radius 2 is 1.45 bits per heavy atom. The van der Waals surface area contributed by atoms with Crippen molar-refractivity contribution in [3.05, 3.63) is 95.1 Å². The predicted molar refractivity (Wildman–Crippen MR) is 129 cm³/mol. The average molecular weight is 449 g/mol. The monoisotopic (exact) mass is 448 g/mol. The van der Waals surface area contributed by atoms with Gasteiger partial charge in [-0.2, -0.15) is 0 Å². The smallest absolute Gasteiger partial charge is 0.339 e. The number of carboxylic acids is 1. The second-order valence-electron chi connectivity index (χ2n) is 8.26. The zero-order chi connectivity index (χ0) is 23.5. The third-order valence-electron chi connectivity index (χ3n) is 5.42. The predicted octanol–water partition coefficient (Wildman–Crippen LogP) is 6.03. The lowest BCUT2D eigenvalue weighted by Crippen LogP contribution is -2.09. The van der Waals surface area contributed by atoms with Crippen molar-refractivity contribution in [2.24, 2.45) is 0 Å². The van der Waals surface area contributed by atoms with Crippen molar-refractivity contribution in [1.82, 2.24) is 0 Å². The molecule has 0 aliphatic carbocycles. The summed E-state index contributed by atoms with van der Waals surface area (Å²) in [6, 6.07) is 23.0. The van der Waals surface area contributed by atoms with E-state index in [1.807, 2.05) is 66.7 Å². The Morgan fingerprint density at radius 1 is 0.848 bits per heavy atom. The zero-order valence-corrected chi connectivity index (χ0v) is 19.1. The Morgan fingerprint density at radius 3 is 2.03 bits per heavy atom. The van der Waals surface area contributed by atoms with Crippen molar-refractivity contribution in [3.8, 4) is 11.5 Å². The Labute approximate surface area is 195 Å². The first-order valence-electron chi connectivity index (χ1n) is 11.4. The first-order valence-corrected chi connectivity index (χ1v) is 11.4. The lowest BCUT2D eigenvalue weighted by molar-refractivity contribution is 0.0690. The number of aryl methyl sites for hydroxylation is 1. The molecule has 2 N–H and O–H groups in total. The number of hydrogen-bond acceptors (Lipinski definition) is 4. The highest BCUT2D eigenvalue weighted by molar-refractivity contribution is 5.93. The number of rotatable bonds is 13. The second-order valence-corrected chi connectivity index (χ2v) is 8.26. The van der Waals surface area contributed by atoms with Crippen LogP contribution < -0.4 is 9.47 Å². The maximum Gasteiger partial charge on any atom is 0.339 e. The fourth-order valence-electron chi connectivity index (χ4n) is 3.69. The van der Waals surface area contributed by atoms with Crippen LogP contribution in [0, 0.1) is 0 Å². The van der Waals surface area contributed by atoms with E-state index >= 15 is 0 Å². The van der Waals surface area contributed by atoms with Gasteiger partial charge in [0.15, 0.2) is 0 Å². The number of carbonyl (C=O) groups is 1. The molecule has 174 valence electrons. The van der Waals surface area contributed by atoms with Crippen LogP contribution in [-0.4, -0.2) is 22.3 Å². The van der Waals surface area contributed by atoms with Crippen molar-refractivity contribution in [3.63, 3.8) is 0 Å². The molecule has 1 atom stereocenters. The van der Waals surface area contributed by atoms with E-state index in [9.17, 15) is 15.0 Å². The Bertz CT molecular complexity index is 1000. The standard InChI is InChI=1S/C28H32O5/c1-21(29)11-5-2-10-16-24-17-25(32-19-22-12-6-3-7-13-22)18-26(27(24)28(30)31)33-20-23-14-8-4-9-15-23/h3-4,6-9,12-15,17-18,21,29H,2,5,10-11,16,19-20H2,1H3,(H,30,31)/t21-/m1/s1. The quantitative estimate of drug-likeness (QED) is 0.312. The third-order valence-corrected chi connectivity index (χ3v) is 5.42. The van der Waals surface area contributed by atoms with Gasteiger partial charge in [-0.25, -0.2) is 4.79 Å². The van der Waals surface area contributed by atoms with Crippen LogP contribution in [-0.2, 0) is 19.6 Å². The molecule has 3 aromatic carbocycles. The summed E-state index contributed by atoms with van der Waals surface area (Å²) < 4.78 is 12.0. The van der Waals surface area contributed by atoms with Gasteiger partial charge in [0.25, 0.3) is 0 Å². The van der Waals surface area contributed by atoms with Crippen LogP contribution in [0.5, 0.6) is 11.5 Å². The highest BCUT2D eigenvalue weighted by Gasteiger charge is 2.19. The molecule has 0 aliphatic heterocycles. The van der Waals surface area contributed by atoms with Gasteiger partial charge >= 0.3 is 5.97 Å². The third kappa shape index (κ3) is 7.95. The summed E-state index contributed by atoms with van der Waals surface area (Å²) in [5.41, 5.74) is 2.89. The maximum atomic E-state index is 12.2. The van der Waals surface area contributed by atoms with Crippen LogP contribution in [0.1, 0.15) is 59.7 Å². The van der Waals surface area contributed by atoms with E-state index in [1.165, 1.54) is 0 Å². The van der Waals surface area contributed by atoms with Gasteiger partial charge in [0.05, 0.1) is 6.10 Å². The molecule has 0 aliphatic rings. The van der Waals surface area contributed by atoms with Crippen molar-refractivity contribution in [2.75, 3.05) is 0 Å². The molecule has 0 heterocycles. The van der Waals surface area contributed by atoms with Crippen molar-refractivity contribution in [1.29, 1.82) is 0 Å². The lowest BCUT2D eigenvalue weighted by Gasteiger charge is -2.16. The number of carboxylic acid groups (broad SMARTS) is 1. The summed E-state index contributed by atoms with van der Waals surface area (Å²) in [6.45, 7) is 2.45. The number of aromatic carboxylic acids is 1. The molecule has 0 bridgehead atoms. The minimum atomic E-state index is -1.01. The number of ether oxygens (including phenoxy) is 2. The number of hydrogen-bond donors (Lipinski definition) is 2. The van der Waals surface area contributed by atoms with Gasteiger partial charge < -0.3 is 19.7 Å². The fraction of sp³-hybridized carbons (Fsp3) is 0.321. The number of unbranched alkanes of at least 4 members (excludes halogenated alkanes) is 2. The van der Waals surface area contributed by atoms with Crippen LogP contribution in [0.2, 0.25) is 0 Å². The summed E-state index contributed by atoms with van der Waals surface area (Å²) >= 11 is 0. The highest BCUT2D eigenvalue weighted by atomic mass is 16.5. The van der Waals surface area contributed by atoms with Gasteiger partial charge in [0.2, 0.25) is 0 Å². The van der Waals surface area contributed by atoms with Crippen LogP contribution >= 0.6 is 0 Å². The first-order chi connectivity index (χ1) is 16.0. The number of aliphatic hydroxyl groups is 1. The Kier molecular flexibility index (Phi) is 9.33. The Hall–Kier alpha value is -3.31. The Balaban J connectivity index is 1.81. The molecule has 0 spiro atoms. The van der Waals surface area contributed by atoms with E-state index in [4.69, 9.17) is 9.47 Å². The minimum absolute atomic E-state index is 0.188. The lowest BCUT2D eigenvalue weighted by atomic mass is 9.99. The fourth-order valence-corrected chi connectivity index (χ4v) is 3.69. The van der Waals surface area contributed by atoms with Crippen molar-refractivity contribution < 1.29 is 24.5 Å². The molecular weight excluding hydrogens is 416 g/mol. The number of benzene rings is 3. The average Bonchev–Trinajstić information content (AvgIpc) is 2.82. The van der Waals surface area contributed by atoms with Crippen LogP contribution in [0.25, 0.3) is 0 Å². The van der Waals surface area contributed by atoms with E-state index in [0.29, 0.717) is 30.1 Å². The van der Waals surface area contributed by atoms with E-state index in [1.54, 1.807) is 13.0 Å². The normalized spacial score (nSPS) is 11.7. The van der Waals surface area contributed by atoms with Crippen LogP contribution in [0.4, 0.5) is 0 Å². The van der Waals surface area contributed by atoms with E-state index in [0.717, 1.165) is 36.8 Å². The van der Waals surface area contributed by atoms with E-state index in [2.05, 4.69) is 0 Å². The van der Waals surface area contributed by atoms with Gasteiger partial charge in [-0.3, -0.25) is 0 Å². The molecule has 3 rings (SSSR count). The molecule has 0 amide bonds. The second kappa shape index (κ2) is 12.7. The van der Waals surface area contributed by atoms with Gasteiger partial charge in [0, 0.05) is 6.07 Å². The molecule has 0 radical (unpaired) electrons. The number of aliphatic hydroxyl groups excluding tert-OH is 1. The molecule has 0 saturated heterocycles. The van der Waals surface area contributed by atoms with Crippen LogP contribution in [0.15, 0.2) is 72.8 Å². The molecule has 33 heavy (non-hydrogen) atoms. The van der Waals surface area contributed by atoms with Gasteiger partial charge in [0.1, 0.15) is 30.3 Å². The molecular formula is C28H32O5. The zero-order valence-electron chi connectivity index (χ0n) is 19.1. The van der Waals surface area contributed by atoms with Gasteiger partial charge in [-0.05, 0) is 48.9 Å². The largest absolute Gasteiger partial charge is 0.489 e.